The SMILES string of the molecule is OC(CCl)c1cnc2n[nH]nc2c1. The molecule has 0 saturated carbocycles. The van der Waals surface area contributed by atoms with E-state index in [1.807, 2.05) is 0 Å². The van der Waals surface area contributed by atoms with Crippen LogP contribution in [-0.4, -0.2) is 31.4 Å². The lowest BCUT2D eigenvalue weighted by molar-refractivity contribution is 0.202. The lowest BCUT2D eigenvalue weighted by Gasteiger charge is -2.04. The van der Waals surface area contributed by atoms with Crippen LogP contribution in [0, 0.1) is 0 Å². The number of H-pyrrole nitrogens is 1. The van der Waals surface area contributed by atoms with Gasteiger partial charge in [-0.25, -0.2) is 4.98 Å². The summed E-state index contributed by atoms with van der Waals surface area (Å²) in [6.07, 6.45) is 0.841. The van der Waals surface area contributed by atoms with Gasteiger partial charge in [0.15, 0.2) is 0 Å². The maximum absolute atomic E-state index is 9.40. The van der Waals surface area contributed by atoms with Crippen molar-refractivity contribution in [2.24, 2.45) is 0 Å². The molecule has 0 fully saturated rings. The summed E-state index contributed by atoms with van der Waals surface area (Å²) in [5.74, 6) is 0.144. The van der Waals surface area contributed by atoms with Gasteiger partial charge in [-0.05, 0) is 6.07 Å². The Morgan fingerprint density at radius 3 is 3.15 bits per heavy atom. The number of nitrogens with zero attached hydrogens (tertiary/aromatic N) is 3. The predicted molar refractivity (Wildman–Crippen MR) is 47.4 cm³/mol. The number of aromatic amines is 1. The molecule has 5 nitrogen and oxygen atoms in total. The normalized spacial score (nSPS) is 13.4. The molecular formula is C7H7ClN4O. The van der Waals surface area contributed by atoms with Gasteiger partial charge in [0.05, 0.1) is 12.0 Å². The second-order valence-corrected chi connectivity index (χ2v) is 2.91. The Balaban J connectivity index is 2.48. The van der Waals surface area contributed by atoms with E-state index in [0.717, 1.165) is 0 Å². The zero-order valence-corrected chi connectivity index (χ0v) is 7.36. The minimum Gasteiger partial charge on any atom is -0.387 e. The first-order chi connectivity index (χ1) is 6.31. The fourth-order valence-corrected chi connectivity index (χ4v) is 1.21. The van der Waals surface area contributed by atoms with Gasteiger partial charge in [0.2, 0.25) is 5.65 Å². The highest BCUT2D eigenvalue weighted by atomic mass is 35.5. The van der Waals surface area contributed by atoms with Crippen molar-refractivity contribution >= 4 is 22.8 Å². The van der Waals surface area contributed by atoms with Crippen LogP contribution in [0.25, 0.3) is 11.2 Å². The molecule has 0 radical (unpaired) electrons. The number of rotatable bonds is 2. The molecule has 1 unspecified atom stereocenters. The summed E-state index contributed by atoms with van der Waals surface area (Å²) in [6.45, 7) is 0. The third-order valence-electron chi connectivity index (χ3n) is 1.73. The Bertz CT molecular complexity index is 416. The van der Waals surface area contributed by atoms with E-state index in [1.54, 1.807) is 6.07 Å². The average Bonchev–Trinajstić information content (AvgIpc) is 2.63. The first-order valence-corrected chi connectivity index (χ1v) is 4.25. The molecule has 0 aromatic carbocycles. The Labute approximate surface area is 78.7 Å². The van der Waals surface area contributed by atoms with E-state index in [9.17, 15) is 5.11 Å². The molecule has 2 heterocycles. The summed E-state index contributed by atoms with van der Waals surface area (Å²) in [6, 6.07) is 1.71. The molecule has 0 saturated heterocycles. The van der Waals surface area contributed by atoms with Crippen LogP contribution in [0.5, 0.6) is 0 Å². The number of aliphatic hydroxyl groups excluding tert-OH is 1. The second-order valence-electron chi connectivity index (χ2n) is 2.61. The first kappa shape index (κ1) is 8.40. The van der Waals surface area contributed by atoms with Gasteiger partial charge >= 0.3 is 0 Å². The van der Waals surface area contributed by atoms with Gasteiger partial charge in [-0.1, -0.05) is 0 Å². The topological polar surface area (TPSA) is 74.7 Å². The van der Waals surface area contributed by atoms with E-state index in [-0.39, 0.29) is 5.88 Å². The van der Waals surface area contributed by atoms with Gasteiger partial charge in [-0.2, -0.15) is 10.3 Å². The molecule has 2 aromatic rings. The first-order valence-electron chi connectivity index (χ1n) is 3.71. The van der Waals surface area contributed by atoms with Crippen molar-refractivity contribution in [2.75, 3.05) is 5.88 Å². The van der Waals surface area contributed by atoms with Crippen LogP contribution in [-0.2, 0) is 0 Å². The number of pyridine rings is 1. The molecule has 2 aromatic heterocycles. The van der Waals surface area contributed by atoms with Crippen molar-refractivity contribution in [1.29, 1.82) is 0 Å². The predicted octanol–water partition coefficient (Wildman–Crippen LogP) is 0.625. The van der Waals surface area contributed by atoms with Crippen molar-refractivity contribution in [3.05, 3.63) is 17.8 Å². The average molecular weight is 199 g/mol. The van der Waals surface area contributed by atoms with Gasteiger partial charge in [0.1, 0.15) is 5.52 Å². The van der Waals surface area contributed by atoms with E-state index >= 15 is 0 Å². The molecule has 0 aliphatic rings. The molecule has 0 spiro atoms. The molecule has 0 aliphatic heterocycles. The number of aromatic nitrogens is 4. The summed E-state index contributed by atoms with van der Waals surface area (Å²) in [4.78, 5) is 3.99. The number of fused-ring (bicyclic) bond motifs is 1. The number of hydrogen-bond donors (Lipinski definition) is 2. The van der Waals surface area contributed by atoms with Crippen molar-refractivity contribution < 1.29 is 5.11 Å². The van der Waals surface area contributed by atoms with Gasteiger partial charge in [0.25, 0.3) is 0 Å². The summed E-state index contributed by atoms with van der Waals surface area (Å²) in [5.41, 5.74) is 1.81. The molecule has 2 rings (SSSR count). The number of alkyl halides is 1. The molecular weight excluding hydrogens is 192 g/mol. The molecule has 68 valence electrons. The maximum atomic E-state index is 9.40. The third-order valence-corrected chi connectivity index (χ3v) is 2.02. The minimum atomic E-state index is -0.699. The summed E-state index contributed by atoms with van der Waals surface area (Å²) in [5, 5.41) is 19.5. The van der Waals surface area contributed by atoms with Gasteiger partial charge < -0.3 is 5.11 Å². The number of aliphatic hydroxyl groups is 1. The summed E-state index contributed by atoms with van der Waals surface area (Å²) >= 11 is 5.49. The molecule has 0 aliphatic carbocycles. The lowest BCUT2D eigenvalue weighted by atomic mass is 10.2. The van der Waals surface area contributed by atoms with Crippen LogP contribution in [0.1, 0.15) is 11.7 Å². The Morgan fingerprint density at radius 2 is 2.38 bits per heavy atom. The highest BCUT2D eigenvalue weighted by Gasteiger charge is 2.08. The number of halogens is 1. The van der Waals surface area contributed by atoms with Gasteiger partial charge in [-0.3, -0.25) is 0 Å². The van der Waals surface area contributed by atoms with Gasteiger partial charge in [0, 0.05) is 11.8 Å². The van der Waals surface area contributed by atoms with E-state index in [1.165, 1.54) is 6.20 Å². The number of hydrogen-bond acceptors (Lipinski definition) is 4. The summed E-state index contributed by atoms with van der Waals surface area (Å²) < 4.78 is 0. The van der Waals surface area contributed by atoms with Crippen LogP contribution in [0.3, 0.4) is 0 Å². The van der Waals surface area contributed by atoms with Crippen molar-refractivity contribution in [3.8, 4) is 0 Å². The molecule has 2 N–H and O–H groups in total. The van der Waals surface area contributed by atoms with Gasteiger partial charge in [-0.15, -0.1) is 16.7 Å². The van der Waals surface area contributed by atoms with Crippen molar-refractivity contribution in [2.45, 2.75) is 6.10 Å². The van der Waals surface area contributed by atoms with Crippen molar-refractivity contribution in [3.63, 3.8) is 0 Å². The van der Waals surface area contributed by atoms with E-state index in [0.29, 0.717) is 16.7 Å². The van der Waals surface area contributed by atoms with Crippen LogP contribution < -0.4 is 0 Å². The fourth-order valence-electron chi connectivity index (χ4n) is 1.03. The molecule has 13 heavy (non-hydrogen) atoms. The molecule has 0 amide bonds. The van der Waals surface area contributed by atoms with Crippen molar-refractivity contribution in [1.82, 2.24) is 20.4 Å². The maximum Gasteiger partial charge on any atom is 0.201 e. The summed E-state index contributed by atoms with van der Waals surface area (Å²) in [7, 11) is 0. The number of nitrogens with one attached hydrogen (secondary N) is 1. The third kappa shape index (κ3) is 1.48. The largest absolute Gasteiger partial charge is 0.387 e. The monoisotopic (exact) mass is 198 g/mol. The Hall–Kier alpha value is -1.20. The Kier molecular flexibility index (Phi) is 2.12. The standard InChI is InChI=1S/C7H7ClN4O/c8-2-6(13)4-1-5-7(9-3-4)11-12-10-5/h1,3,6,13H,2H2,(H,9,10,11,12). The van der Waals surface area contributed by atoms with E-state index in [2.05, 4.69) is 20.4 Å². The van der Waals surface area contributed by atoms with E-state index < -0.39 is 6.10 Å². The van der Waals surface area contributed by atoms with Crippen LogP contribution >= 0.6 is 11.6 Å². The lowest BCUT2D eigenvalue weighted by Crippen LogP contribution is -1.98. The van der Waals surface area contributed by atoms with Crippen LogP contribution in [0.2, 0.25) is 0 Å². The zero-order chi connectivity index (χ0) is 9.26. The quantitative estimate of drug-likeness (QED) is 0.694. The zero-order valence-electron chi connectivity index (χ0n) is 6.61. The Morgan fingerprint density at radius 1 is 1.54 bits per heavy atom. The smallest absolute Gasteiger partial charge is 0.201 e. The molecule has 0 bridgehead atoms. The van der Waals surface area contributed by atoms with E-state index in [4.69, 9.17) is 11.6 Å². The highest BCUT2D eigenvalue weighted by Crippen LogP contribution is 2.15. The van der Waals surface area contributed by atoms with Crippen LogP contribution in [0.15, 0.2) is 12.3 Å². The minimum absolute atomic E-state index is 0.144. The molecule has 1 atom stereocenters. The highest BCUT2D eigenvalue weighted by molar-refractivity contribution is 6.18. The molecule has 6 heteroatoms. The van der Waals surface area contributed by atoms with Crippen LogP contribution in [0.4, 0.5) is 0 Å². The second kappa shape index (κ2) is 3.27. The fraction of sp³-hybridized carbons (Fsp3) is 0.286.